The summed E-state index contributed by atoms with van der Waals surface area (Å²) in [7, 11) is 9.43. The quantitative estimate of drug-likeness (QED) is 0.640. The minimum absolute atomic E-state index is 0.369. The first-order valence-electron chi connectivity index (χ1n) is 6.67. The molecule has 17 heavy (non-hydrogen) atoms. The Balaban J connectivity index is 2.11. The van der Waals surface area contributed by atoms with E-state index in [2.05, 4.69) is 52.6 Å². The molecule has 0 spiro atoms. The molecule has 0 aliphatic carbocycles. The van der Waals surface area contributed by atoms with Gasteiger partial charge < -0.3 is 24.4 Å². The lowest BCUT2D eigenvalue weighted by atomic mass is 9.68. The van der Waals surface area contributed by atoms with Crippen molar-refractivity contribution < 1.29 is 0 Å². The fourth-order valence-corrected chi connectivity index (χ4v) is 3.20. The lowest BCUT2D eigenvalue weighted by Gasteiger charge is -2.48. The summed E-state index contributed by atoms with van der Waals surface area (Å²) in [5.74, 6) is 0. The molecule has 0 bridgehead atoms. The number of nitrogens with zero attached hydrogens (tertiary/aromatic N) is 4. The summed E-state index contributed by atoms with van der Waals surface area (Å²) in [4.78, 5) is 7.16. The topological polar surface area (TPSA) is 25.0 Å². The molecule has 2 aliphatic heterocycles. The summed E-state index contributed by atoms with van der Waals surface area (Å²) < 4.78 is 2.57. The van der Waals surface area contributed by atoms with Gasteiger partial charge in [-0.25, -0.2) is 0 Å². The molecule has 2 saturated heterocycles. The van der Waals surface area contributed by atoms with E-state index in [1.54, 1.807) is 0 Å². The molecule has 5 nitrogen and oxygen atoms in total. The highest BCUT2D eigenvalue weighted by Crippen LogP contribution is 2.15. The third-order valence-corrected chi connectivity index (χ3v) is 3.69. The van der Waals surface area contributed by atoms with Crippen LogP contribution in [0.5, 0.6) is 0 Å². The summed E-state index contributed by atoms with van der Waals surface area (Å²) in [6, 6.07) is 0. The van der Waals surface area contributed by atoms with Crippen molar-refractivity contribution in [1.82, 2.24) is 24.4 Å². The second-order valence-corrected chi connectivity index (χ2v) is 5.58. The van der Waals surface area contributed by atoms with Crippen molar-refractivity contribution >= 4 is 14.2 Å². The second kappa shape index (κ2) is 5.71. The number of hydrogen-bond donors (Lipinski definition) is 1. The molecule has 2 fully saturated rings. The molecule has 0 aromatic rings. The zero-order valence-corrected chi connectivity index (χ0v) is 11.7. The van der Waals surface area contributed by atoms with Gasteiger partial charge in [0.05, 0.1) is 0 Å². The normalized spacial score (nSPS) is 23.3. The van der Waals surface area contributed by atoms with Gasteiger partial charge in [0.2, 0.25) is 0 Å². The molecule has 0 aromatic carbocycles. The highest BCUT2D eigenvalue weighted by Gasteiger charge is 2.43. The van der Waals surface area contributed by atoms with E-state index in [0.717, 1.165) is 6.54 Å². The Morgan fingerprint density at radius 3 is 2.29 bits per heavy atom. The fourth-order valence-electron chi connectivity index (χ4n) is 3.20. The SMILES string of the molecule is CN(C)B(N(C)C)N1CCCN2CCCNB21. The third-order valence-electron chi connectivity index (χ3n) is 3.69. The standard InChI is InChI=1S/C10H25B2N5/c1-14(2)12(15(3)4)17-10-6-9-16-8-5-7-13-11(16)17/h13H,5-10H2,1-4H3. The van der Waals surface area contributed by atoms with Gasteiger partial charge in [0.25, 0.3) is 0 Å². The second-order valence-electron chi connectivity index (χ2n) is 5.58. The first kappa shape index (κ1) is 13.4. The maximum Gasteiger partial charge on any atom is 0.393 e. The van der Waals surface area contributed by atoms with Crippen LogP contribution in [-0.4, -0.2) is 87.8 Å². The molecule has 0 radical (unpaired) electrons. The largest absolute Gasteiger partial charge is 0.393 e. The van der Waals surface area contributed by atoms with E-state index in [1.165, 1.54) is 32.5 Å². The van der Waals surface area contributed by atoms with Crippen molar-refractivity contribution in [3.63, 3.8) is 0 Å². The van der Waals surface area contributed by atoms with Gasteiger partial charge in [-0.2, -0.15) is 0 Å². The van der Waals surface area contributed by atoms with E-state index in [0.29, 0.717) is 14.2 Å². The summed E-state index contributed by atoms with van der Waals surface area (Å²) in [5.41, 5.74) is 0. The van der Waals surface area contributed by atoms with Crippen LogP contribution in [0, 0.1) is 0 Å². The molecule has 2 heterocycles. The zero-order chi connectivity index (χ0) is 12.4. The molecule has 0 aromatic heterocycles. The lowest BCUT2D eigenvalue weighted by Crippen LogP contribution is -2.75. The van der Waals surface area contributed by atoms with Crippen LogP contribution in [-0.2, 0) is 0 Å². The van der Waals surface area contributed by atoms with Gasteiger partial charge in [-0.3, -0.25) is 0 Å². The summed E-state index contributed by atoms with van der Waals surface area (Å²) in [6.45, 7) is 4.80. The third kappa shape index (κ3) is 2.85. The van der Waals surface area contributed by atoms with Gasteiger partial charge in [-0.05, 0) is 67.2 Å². The van der Waals surface area contributed by atoms with Crippen LogP contribution in [0.2, 0.25) is 0 Å². The summed E-state index contributed by atoms with van der Waals surface area (Å²) in [5, 5.41) is 3.66. The van der Waals surface area contributed by atoms with E-state index < -0.39 is 0 Å². The Hall–Kier alpha value is -0.0701. The zero-order valence-electron chi connectivity index (χ0n) is 11.7. The minimum Gasteiger partial charge on any atom is -0.328 e. The monoisotopic (exact) mass is 237 g/mol. The Morgan fingerprint density at radius 2 is 1.65 bits per heavy atom. The van der Waals surface area contributed by atoms with Crippen molar-refractivity contribution in [1.29, 1.82) is 0 Å². The van der Waals surface area contributed by atoms with E-state index in [4.69, 9.17) is 0 Å². The molecule has 0 amide bonds. The van der Waals surface area contributed by atoms with Crippen molar-refractivity contribution in [2.75, 3.05) is 54.4 Å². The first-order chi connectivity index (χ1) is 8.11. The number of rotatable bonds is 3. The van der Waals surface area contributed by atoms with E-state index in [1.807, 2.05) is 0 Å². The average molecular weight is 237 g/mol. The summed E-state index contributed by atoms with van der Waals surface area (Å²) in [6.07, 6.45) is 2.55. The molecule has 2 aliphatic rings. The first-order valence-corrected chi connectivity index (χ1v) is 6.67. The Kier molecular flexibility index (Phi) is 4.49. The van der Waals surface area contributed by atoms with Gasteiger partial charge in [-0.1, -0.05) is 0 Å². The van der Waals surface area contributed by atoms with Crippen molar-refractivity contribution in [2.24, 2.45) is 0 Å². The van der Waals surface area contributed by atoms with Crippen molar-refractivity contribution in [3.8, 4) is 0 Å². The maximum atomic E-state index is 3.66. The van der Waals surface area contributed by atoms with Crippen LogP contribution in [0.4, 0.5) is 0 Å². The van der Waals surface area contributed by atoms with Gasteiger partial charge >= 0.3 is 14.2 Å². The maximum absolute atomic E-state index is 3.66. The predicted molar refractivity (Wildman–Crippen MR) is 74.4 cm³/mol. The molecule has 0 saturated carbocycles. The minimum atomic E-state index is 0.369. The molecule has 1 N–H and O–H groups in total. The van der Waals surface area contributed by atoms with Crippen LogP contribution >= 0.6 is 0 Å². The Morgan fingerprint density at radius 1 is 1.00 bits per heavy atom. The van der Waals surface area contributed by atoms with E-state index in [-0.39, 0.29) is 0 Å². The van der Waals surface area contributed by atoms with Gasteiger partial charge in [0.15, 0.2) is 0 Å². The van der Waals surface area contributed by atoms with Crippen LogP contribution in [0.1, 0.15) is 12.8 Å². The Bertz CT molecular complexity index is 241. The van der Waals surface area contributed by atoms with E-state index >= 15 is 0 Å². The van der Waals surface area contributed by atoms with Crippen molar-refractivity contribution in [3.05, 3.63) is 0 Å². The smallest absolute Gasteiger partial charge is 0.328 e. The highest BCUT2D eigenvalue weighted by atomic mass is 15.4. The Labute approximate surface area is 106 Å². The highest BCUT2D eigenvalue weighted by molar-refractivity contribution is 6.67. The predicted octanol–water partition coefficient (Wildman–Crippen LogP) is -0.920. The molecule has 0 atom stereocenters. The van der Waals surface area contributed by atoms with E-state index in [9.17, 15) is 0 Å². The molecule has 7 heteroatoms. The number of hydrogen-bond acceptors (Lipinski definition) is 5. The number of fused-ring (bicyclic) bond motifs is 1. The van der Waals surface area contributed by atoms with Crippen LogP contribution in [0.3, 0.4) is 0 Å². The fraction of sp³-hybridized carbons (Fsp3) is 1.00. The van der Waals surface area contributed by atoms with Gasteiger partial charge in [0.1, 0.15) is 0 Å². The van der Waals surface area contributed by atoms with Gasteiger partial charge in [0, 0.05) is 0 Å². The van der Waals surface area contributed by atoms with Crippen LogP contribution in [0.25, 0.3) is 0 Å². The number of nitrogens with one attached hydrogen (secondary N) is 1. The van der Waals surface area contributed by atoms with Crippen LogP contribution in [0.15, 0.2) is 0 Å². The summed E-state index contributed by atoms with van der Waals surface area (Å²) >= 11 is 0. The average Bonchev–Trinajstić information content (AvgIpc) is 2.28. The van der Waals surface area contributed by atoms with Crippen LogP contribution < -0.4 is 5.23 Å². The lowest BCUT2D eigenvalue weighted by molar-refractivity contribution is 0.284. The van der Waals surface area contributed by atoms with Gasteiger partial charge in [-0.15, -0.1) is 0 Å². The van der Waals surface area contributed by atoms with Crippen molar-refractivity contribution in [2.45, 2.75) is 12.8 Å². The molecule has 96 valence electrons. The molecular formula is C10H25B2N5. The molecule has 0 unspecified atom stereocenters. The molecular weight excluding hydrogens is 212 g/mol. The molecule has 2 rings (SSSR count).